The Morgan fingerprint density at radius 2 is 1.89 bits per heavy atom. The zero-order chi connectivity index (χ0) is 14.5. The van der Waals surface area contributed by atoms with E-state index < -0.39 is 5.97 Å². The van der Waals surface area contributed by atoms with Gasteiger partial charge in [-0.2, -0.15) is 0 Å². The molecule has 1 atom stereocenters. The number of hydrogen-bond donors (Lipinski definition) is 2. The van der Waals surface area contributed by atoms with Crippen molar-refractivity contribution < 1.29 is 14.3 Å². The summed E-state index contributed by atoms with van der Waals surface area (Å²) >= 11 is 0. The number of rotatable bonds is 6. The van der Waals surface area contributed by atoms with Crippen LogP contribution in [0.25, 0.3) is 0 Å². The van der Waals surface area contributed by atoms with Gasteiger partial charge in [0.15, 0.2) is 0 Å². The first-order valence-corrected chi connectivity index (χ1v) is 6.46. The molecule has 1 aromatic rings. The minimum absolute atomic E-state index is 0.0654. The topological polar surface area (TPSA) is 49.3 Å². The van der Waals surface area contributed by atoms with Gasteiger partial charge in [-0.15, -0.1) is 0 Å². The van der Waals surface area contributed by atoms with Crippen LogP contribution in [-0.2, 0) is 11.3 Å². The largest absolute Gasteiger partial charge is 0.481 e. The van der Waals surface area contributed by atoms with Crippen LogP contribution in [0, 0.1) is 11.2 Å². The Morgan fingerprint density at radius 1 is 1.32 bits per heavy atom. The maximum absolute atomic E-state index is 12.8. The fraction of sp³-hybridized carbons (Fsp3) is 0.533. The quantitative estimate of drug-likeness (QED) is 0.832. The number of carboxylic acids is 1. The van der Waals surface area contributed by atoms with E-state index in [4.69, 9.17) is 5.11 Å². The van der Waals surface area contributed by atoms with Gasteiger partial charge < -0.3 is 10.4 Å². The first-order valence-electron chi connectivity index (χ1n) is 6.46. The van der Waals surface area contributed by atoms with Crippen LogP contribution in [0.1, 0.15) is 39.2 Å². The molecule has 2 N–H and O–H groups in total. The van der Waals surface area contributed by atoms with Crippen molar-refractivity contribution in [3.05, 3.63) is 35.6 Å². The van der Waals surface area contributed by atoms with E-state index >= 15 is 0 Å². The van der Waals surface area contributed by atoms with E-state index in [1.807, 2.05) is 0 Å². The number of nitrogens with one attached hydrogen (secondary N) is 1. The molecule has 0 aromatic heterocycles. The van der Waals surface area contributed by atoms with Gasteiger partial charge in [-0.3, -0.25) is 4.79 Å². The molecule has 0 aliphatic carbocycles. The molecule has 0 radical (unpaired) electrons. The Morgan fingerprint density at radius 3 is 2.37 bits per heavy atom. The highest BCUT2D eigenvalue weighted by molar-refractivity contribution is 5.67. The molecule has 0 amide bonds. The van der Waals surface area contributed by atoms with Gasteiger partial charge >= 0.3 is 5.97 Å². The third kappa shape index (κ3) is 6.91. The summed E-state index contributed by atoms with van der Waals surface area (Å²) in [5, 5.41) is 12.2. The van der Waals surface area contributed by atoms with E-state index in [-0.39, 0.29) is 23.7 Å². The molecule has 0 saturated carbocycles. The fourth-order valence-corrected chi connectivity index (χ4v) is 2.03. The van der Waals surface area contributed by atoms with Crippen LogP contribution in [0.2, 0.25) is 0 Å². The first-order chi connectivity index (χ1) is 8.76. The lowest BCUT2D eigenvalue weighted by Gasteiger charge is -2.26. The molecule has 3 nitrogen and oxygen atoms in total. The summed E-state index contributed by atoms with van der Waals surface area (Å²) in [6, 6.07) is 6.15. The molecule has 0 heterocycles. The second-order valence-corrected chi connectivity index (χ2v) is 6.07. The molecule has 0 aliphatic rings. The third-order valence-corrected chi connectivity index (χ3v) is 2.79. The van der Waals surface area contributed by atoms with Crippen LogP contribution in [0.5, 0.6) is 0 Å². The highest BCUT2D eigenvalue weighted by Gasteiger charge is 2.20. The van der Waals surface area contributed by atoms with Gasteiger partial charge in [0.05, 0.1) is 6.42 Å². The molecule has 0 spiro atoms. The van der Waals surface area contributed by atoms with Crippen molar-refractivity contribution in [1.29, 1.82) is 0 Å². The van der Waals surface area contributed by atoms with Gasteiger partial charge in [0, 0.05) is 12.6 Å². The molecule has 1 aromatic carbocycles. The Bertz CT molecular complexity index is 409. The Kier molecular flexibility index (Phi) is 5.48. The molecule has 0 fully saturated rings. The Labute approximate surface area is 113 Å². The lowest BCUT2D eigenvalue weighted by Crippen LogP contribution is -2.34. The summed E-state index contributed by atoms with van der Waals surface area (Å²) in [5.74, 6) is -1.07. The second kappa shape index (κ2) is 6.66. The zero-order valence-electron chi connectivity index (χ0n) is 11.7. The molecule has 0 bridgehead atoms. The van der Waals surface area contributed by atoms with Crippen LogP contribution in [0.4, 0.5) is 4.39 Å². The number of aliphatic carboxylic acids is 1. The van der Waals surface area contributed by atoms with E-state index in [1.54, 1.807) is 12.1 Å². The van der Waals surface area contributed by atoms with Gasteiger partial charge in [0.2, 0.25) is 0 Å². The van der Waals surface area contributed by atoms with Crippen LogP contribution >= 0.6 is 0 Å². The molecular weight excluding hydrogens is 245 g/mol. The van der Waals surface area contributed by atoms with Gasteiger partial charge in [0.1, 0.15) is 5.82 Å². The molecular formula is C15H22FNO2. The highest BCUT2D eigenvalue weighted by atomic mass is 19.1. The minimum atomic E-state index is -0.805. The Balaban J connectivity index is 2.57. The predicted octanol–water partition coefficient (Wildman–Crippen LogP) is 3.19. The SMILES string of the molecule is CC(C)(C)CC(CC(=O)O)NCc1ccc(F)cc1. The lowest BCUT2D eigenvalue weighted by atomic mass is 9.87. The molecule has 1 unspecified atom stereocenters. The maximum Gasteiger partial charge on any atom is 0.304 e. The lowest BCUT2D eigenvalue weighted by molar-refractivity contribution is -0.137. The molecule has 106 valence electrons. The zero-order valence-corrected chi connectivity index (χ0v) is 11.7. The summed E-state index contributed by atoms with van der Waals surface area (Å²) in [4.78, 5) is 10.9. The summed E-state index contributed by atoms with van der Waals surface area (Å²) < 4.78 is 12.8. The molecule has 0 saturated heterocycles. The highest BCUT2D eigenvalue weighted by Crippen LogP contribution is 2.22. The van der Waals surface area contributed by atoms with Crippen LogP contribution < -0.4 is 5.32 Å². The van der Waals surface area contributed by atoms with Gasteiger partial charge in [-0.1, -0.05) is 32.9 Å². The Hall–Kier alpha value is -1.42. The summed E-state index contributed by atoms with van der Waals surface area (Å²) in [5.41, 5.74) is 1.02. The van der Waals surface area contributed by atoms with E-state index in [0.29, 0.717) is 6.54 Å². The van der Waals surface area contributed by atoms with Crippen LogP contribution in [-0.4, -0.2) is 17.1 Å². The van der Waals surface area contributed by atoms with E-state index in [9.17, 15) is 9.18 Å². The van der Waals surface area contributed by atoms with Crippen molar-refractivity contribution in [2.75, 3.05) is 0 Å². The van der Waals surface area contributed by atoms with Crippen molar-refractivity contribution >= 4 is 5.97 Å². The van der Waals surface area contributed by atoms with Gasteiger partial charge in [-0.05, 0) is 29.5 Å². The number of hydrogen-bond acceptors (Lipinski definition) is 2. The van der Waals surface area contributed by atoms with Crippen molar-refractivity contribution in [3.8, 4) is 0 Å². The third-order valence-electron chi connectivity index (χ3n) is 2.79. The number of carbonyl (C=O) groups is 1. The summed E-state index contributed by atoms with van der Waals surface area (Å²) in [6.07, 6.45) is 0.874. The van der Waals surface area contributed by atoms with Crippen molar-refractivity contribution in [1.82, 2.24) is 5.32 Å². The van der Waals surface area contributed by atoms with E-state index in [0.717, 1.165) is 12.0 Å². The number of carboxylic acid groups (broad SMARTS) is 1. The number of benzene rings is 1. The standard InChI is InChI=1S/C15H22FNO2/c1-15(2,3)9-13(8-14(18)19)17-10-11-4-6-12(16)7-5-11/h4-7,13,17H,8-10H2,1-3H3,(H,18,19). The maximum atomic E-state index is 12.8. The van der Waals surface area contributed by atoms with Crippen molar-refractivity contribution in [2.45, 2.75) is 46.2 Å². The molecule has 19 heavy (non-hydrogen) atoms. The fourth-order valence-electron chi connectivity index (χ4n) is 2.03. The van der Waals surface area contributed by atoms with Gasteiger partial charge in [-0.25, -0.2) is 4.39 Å². The van der Waals surface area contributed by atoms with Crippen LogP contribution in [0.15, 0.2) is 24.3 Å². The van der Waals surface area contributed by atoms with Crippen molar-refractivity contribution in [2.24, 2.45) is 5.41 Å². The molecule has 0 aliphatic heterocycles. The second-order valence-electron chi connectivity index (χ2n) is 6.07. The molecule has 1 rings (SSSR count). The minimum Gasteiger partial charge on any atom is -0.481 e. The summed E-state index contributed by atoms with van der Waals surface area (Å²) in [6.45, 7) is 6.80. The van der Waals surface area contributed by atoms with Gasteiger partial charge in [0.25, 0.3) is 0 Å². The molecule has 4 heteroatoms. The average molecular weight is 267 g/mol. The summed E-state index contributed by atoms with van der Waals surface area (Å²) in [7, 11) is 0. The number of halogens is 1. The monoisotopic (exact) mass is 267 g/mol. The normalized spacial score (nSPS) is 13.3. The van der Waals surface area contributed by atoms with E-state index in [2.05, 4.69) is 26.1 Å². The van der Waals surface area contributed by atoms with Crippen LogP contribution in [0.3, 0.4) is 0 Å². The van der Waals surface area contributed by atoms with Crippen molar-refractivity contribution in [3.63, 3.8) is 0 Å². The smallest absolute Gasteiger partial charge is 0.304 e. The first kappa shape index (κ1) is 15.6. The van der Waals surface area contributed by atoms with E-state index in [1.165, 1.54) is 12.1 Å². The predicted molar refractivity (Wildman–Crippen MR) is 73.4 cm³/mol. The average Bonchev–Trinajstić information content (AvgIpc) is 2.25.